The lowest BCUT2D eigenvalue weighted by Crippen LogP contribution is -2.22. The van der Waals surface area contributed by atoms with Crippen molar-refractivity contribution < 1.29 is 0 Å². The molecule has 0 saturated heterocycles. The summed E-state index contributed by atoms with van der Waals surface area (Å²) in [6.07, 6.45) is 2.23. The minimum absolute atomic E-state index is 0.987. The van der Waals surface area contributed by atoms with Gasteiger partial charge in [-0.15, -0.1) is 11.3 Å². The van der Waals surface area contributed by atoms with E-state index in [1.54, 1.807) is 0 Å². The van der Waals surface area contributed by atoms with Crippen LogP contribution in [-0.2, 0) is 19.4 Å². The van der Waals surface area contributed by atoms with Gasteiger partial charge in [-0.1, -0.05) is 0 Å². The largest absolute Gasteiger partial charge is 0.374 e. The normalized spacial score (nSPS) is 17.4. The van der Waals surface area contributed by atoms with Crippen LogP contribution in [0.3, 0.4) is 0 Å². The molecule has 1 aromatic heterocycles. The van der Waals surface area contributed by atoms with Crippen LogP contribution in [0.2, 0.25) is 0 Å². The number of nitrogens with one attached hydrogen (secondary N) is 1. The molecule has 19 heavy (non-hydrogen) atoms. The van der Waals surface area contributed by atoms with E-state index < -0.39 is 0 Å². The highest BCUT2D eigenvalue weighted by atomic mass is 32.1. The van der Waals surface area contributed by atoms with Gasteiger partial charge in [0.2, 0.25) is 0 Å². The standard InChI is InChI=1S/C15H17N3S/c1-18-7-5-10-8-11(2-3-13(10)18)15-17-12-4-6-16-9-14(12)19-15/h2-3,8,16H,4-7,9H2,1H3. The smallest absolute Gasteiger partial charge is 0.123 e. The molecule has 0 unspecified atom stereocenters. The van der Waals surface area contributed by atoms with Crippen molar-refractivity contribution in [3.05, 3.63) is 34.3 Å². The quantitative estimate of drug-likeness (QED) is 0.863. The Kier molecular flexibility index (Phi) is 2.60. The van der Waals surface area contributed by atoms with Crippen molar-refractivity contribution in [3.8, 4) is 10.6 Å². The van der Waals surface area contributed by atoms with Crippen molar-refractivity contribution in [2.24, 2.45) is 0 Å². The van der Waals surface area contributed by atoms with E-state index in [2.05, 4.69) is 35.5 Å². The van der Waals surface area contributed by atoms with Gasteiger partial charge in [0.1, 0.15) is 5.01 Å². The molecular formula is C15H17N3S. The number of nitrogens with zero attached hydrogens (tertiary/aromatic N) is 2. The fourth-order valence-electron chi connectivity index (χ4n) is 2.95. The molecule has 2 aliphatic rings. The Morgan fingerprint density at radius 2 is 2.26 bits per heavy atom. The van der Waals surface area contributed by atoms with Gasteiger partial charge >= 0.3 is 0 Å². The van der Waals surface area contributed by atoms with E-state index in [0.29, 0.717) is 0 Å². The summed E-state index contributed by atoms with van der Waals surface area (Å²) in [6, 6.07) is 6.80. The molecule has 1 N–H and O–H groups in total. The van der Waals surface area contributed by atoms with Crippen molar-refractivity contribution in [2.75, 3.05) is 25.0 Å². The zero-order valence-electron chi connectivity index (χ0n) is 11.1. The molecule has 4 rings (SSSR count). The molecule has 3 nitrogen and oxygen atoms in total. The van der Waals surface area contributed by atoms with E-state index in [1.807, 2.05) is 11.3 Å². The van der Waals surface area contributed by atoms with Gasteiger partial charge in [0.15, 0.2) is 0 Å². The molecule has 1 aromatic carbocycles. The number of likely N-dealkylation sites (N-methyl/N-ethyl adjacent to an activating group) is 1. The second-order valence-corrected chi connectivity index (χ2v) is 6.41. The molecule has 2 aromatic rings. The lowest BCUT2D eigenvalue weighted by atomic mass is 10.1. The van der Waals surface area contributed by atoms with Crippen molar-refractivity contribution in [2.45, 2.75) is 19.4 Å². The Bertz CT molecular complexity index is 609. The summed E-state index contributed by atoms with van der Waals surface area (Å²) in [5, 5.41) is 4.60. The summed E-state index contributed by atoms with van der Waals surface area (Å²) >= 11 is 1.85. The van der Waals surface area contributed by atoms with Crippen LogP contribution in [0.15, 0.2) is 18.2 Å². The average Bonchev–Trinajstić information content (AvgIpc) is 3.02. The Balaban J connectivity index is 1.74. The maximum Gasteiger partial charge on any atom is 0.123 e. The van der Waals surface area contributed by atoms with Crippen molar-refractivity contribution in [1.82, 2.24) is 10.3 Å². The molecule has 0 fully saturated rings. The van der Waals surface area contributed by atoms with Gasteiger partial charge in [-0.25, -0.2) is 4.98 Å². The summed E-state index contributed by atoms with van der Waals surface area (Å²) in [5.41, 5.74) is 5.43. The van der Waals surface area contributed by atoms with Gasteiger partial charge in [0, 0.05) is 49.2 Å². The summed E-state index contributed by atoms with van der Waals surface area (Å²) in [5.74, 6) is 0. The maximum absolute atomic E-state index is 4.83. The van der Waals surface area contributed by atoms with Crippen LogP contribution < -0.4 is 10.2 Å². The van der Waals surface area contributed by atoms with Crippen LogP contribution >= 0.6 is 11.3 Å². The van der Waals surface area contributed by atoms with Gasteiger partial charge in [-0.2, -0.15) is 0 Å². The topological polar surface area (TPSA) is 28.2 Å². The predicted molar refractivity (Wildman–Crippen MR) is 79.9 cm³/mol. The van der Waals surface area contributed by atoms with Crippen molar-refractivity contribution in [3.63, 3.8) is 0 Å². The molecule has 2 aliphatic heterocycles. The molecule has 0 bridgehead atoms. The van der Waals surface area contributed by atoms with Crippen LogP contribution in [0.4, 0.5) is 5.69 Å². The monoisotopic (exact) mass is 271 g/mol. The molecule has 3 heterocycles. The number of anilines is 1. The Morgan fingerprint density at radius 1 is 1.32 bits per heavy atom. The lowest BCUT2D eigenvalue weighted by Gasteiger charge is -2.11. The van der Waals surface area contributed by atoms with E-state index in [4.69, 9.17) is 4.98 Å². The highest BCUT2D eigenvalue weighted by Crippen LogP contribution is 2.34. The molecule has 0 spiro atoms. The Labute approximate surface area is 117 Å². The summed E-state index contributed by atoms with van der Waals surface area (Å²) in [7, 11) is 2.17. The van der Waals surface area contributed by atoms with Crippen LogP contribution in [-0.4, -0.2) is 25.1 Å². The predicted octanol–water partition coefficient (Wildman–Crippen LogP) is 2.45. The molecule has 98 valence electrons. The van der Waals surface area contributed by atoms with Crippen molar-refractivity contribution in [1.29, 1.82) is 0 Å². The summed E-state index contributed by atoms with van der Waals surface area (Å²) < 4.78 is 0. The zero-order chi connectivity index (χ0) is 12.8. The Hall–Kier alpha value is -1.39. The van der Waals surface area contributed by atoms with Gasteiger partial charge in [-0.05, 0) is 30.2 Å². The average molecular weight is 271 g/mol. The number of hydrogen-bond acceptors (Lipinski definition) is 4. The minimum atomic E-state index is 0.987. The third-order valence-corrected chi connectivity index (χ3v) is 5.20. The summed E-state index contributed by atoms with van der Waals surface area (Å²) in [6.45, 7) is 3.18. The van der Waals surface area contributed by atoms with Crippen LogP contribution in [0.1, 0.15) is 16.1 Å². The first-order chi connectivity index (χ1) is 9.31. The van der Waals surface area contributed by atoms with Gasteiger partial charge in [0.05, 0.1) is 5.69 Å². The van der Waals surface area contributed by atoms with Crippen LogP contribution in [0.5, 0.6) is 0 Å². The number of rotatable bonds is 1. The van der Waals surface area contributed by atoms with Gasteiger partial charge in [0.25, 0.3) is 0 Å². The molecule has 0 amide bonds. The second kappa shape index (κ2) is 4.32. The van der Waals surface area contributed by atoms with E-state index >= 15 is 0 Å². The third-order valence-electron chi connectivity index (χ3n) is 4.06. The molecule has 0 radical (unpaired) electrons. The number of fused-ring (bicyclic) bond motifs is 2. The fraction of sp³-hybridized carbons (Fsp3) is 0.400. The number of hydrogen-bond donors (Lipinski definition) is 1. The van der Waals surface area contributed by atoms with E-state index in [9.17, 15) is 0 Å². The molecule has 0 saturated carbocycles. The first-order valence-corrected chi connectivity index (χ1v) is 7.66. The van der Waals surface area contributed by atoms with Gasteiger partial charge in [-0.3, -0.25) is 0 Å². The van der Waals surface area contributed by atoms with E-state index in [1.165, 1.54) is 32.4 Å². The molecule has 0 aliphatic carbocycles. The number of aromatic nitrogens is 1. The minimum Gasteiger partial charge on any atom is -0.374 e. The highest BCUT2D eigenvalue weighted by molar-refractivity contribution is 7.15. The number of thiazole rings is 1. The molecule has 0 atom stereocenters. The Morgan fingerprint density at radius 3 is 3.16 bits per heavy atom. The second-order valence-electron chi connectivity index (χ2n) is 5.33. The van der Waals surface area contributed by atoms with Crippen LogP contribution in [0.25, 0.3) is 10.6 Å². The SMILES string of the molecule is CN1CCc2cc(-c3nc4c(s3)CNCC4)ccc21. The summed E-state index contributed by atoms with van der Waals surface area (Å²) in [4.78, 5) is 8.58. The highest BCUT2D eigenvalue weighted by Gasteiger charge is 2.19. The first kappa shape index (κ1) is 11.4. The van der Waals surface area contributed by atoms with E-state index in [-0.39, 0.29) is 0 Å². The fourth-order valence-corrected chi connectivity index (χ4v) is 4.02. The zero-order valence-corrected chi connectivity index (χ0v) is 11.9. The third kappa shape index (κ3) is 1.86. The van der Waals surface area contributed by atoms with Crippen LogP contribution in [0, 0.1) is 0 Å². The van der Waals surface area contributed by atoms with Gasteiger partial charge < -0.3 is 10.2 Å². The van der Waals surface area contributed by atoms with Crippen molar-refractivity contribution >= 4 is 17.0 Å². The lowest BCUT2D eigenvalue weighted by molar-refractivity contribution is 0.644. The van der Waals surface area contributed by atoms with E-state index in [0.717, 1.165) is 32.5 Å². The molecule has 4 heteroatoms. The maximum atomic E-state index is 4.83. The number of benzene rings is 1. The molecular weight excluding hydrogens is 254 g/mol. The first-order valence-electron chi connectivity index (χ1n) is 6.85.